The number of pyridine rings is 1. The smallest absolute Gasteiger partial charge is 0.250 e. The first-order chi connectivity index (χ1) is 8.75. The van der Waals surface area contributed by atoms with E-state index < -0.39 is 0 Å². The highest BCUT2D eigenvalue weighted by molar-refractivity contribution is 4.93. The maximum absolute atomic E-state index is 11.5. The lowest BCUT2D eigenvalue weighted by Gasteiger charge is -2.30. The molecule has 18 heavy (non-hydrogen) atoms. The lowest BCUT2D eigenvalue weighted by Crippen LogP contribution is -2.45. The van der Waals surface area contributed by atoms with Crippen molar-refractivity contribution >= 4 is 0 Å². The molecule has 1 aliphatic rings. The molecule has 1 N–H and O–H groups in total. The van der Waals surface area contributed by atoms with Gasteiger partial charge in [-0.05, 0) is 13.1 Å². The third-order valence-electron chi connectivity index (χ3n) is 3.14. The van der Waals surface area contributed by atoms with Crippen LogP contribution in [-0.4, -0.2) is 55.4 Å². The van der Waals surface area contributed by atoms with E-state index in [1.165, 1.54) is 0 Å². The van der Waals surface area contributed by atoms with Crippen molar-refractivity contribution in [2.24, 2.45) is 0 Å². The molecule has 0 spiro atoms. The van der Waals surface area contributed by atoms with E-state index in [0.717, 1.165) is 32.8 Å². The molecule has 5 nitrogen and oxygen atoms in total. The van der Waals surface area contributed by atoms with Gasteiger partial charge in [0.2, 0.25) is 0 Å². The topological polar surface area (TPSA) is 46.5 Å². The predicted octanol–water partition coefficient (Wildman–Crippen LogP) is -0.231. The Kier molecular flexibility index (Phi) is 4.92. The number of rotatable bonds is 5. The summed E-state index contributed by atoms with van der Waals surface area (Å²) < 4.78 is 7.36. The van der Waals surface area contributed by atoms with Crippen LogP contribution in [0.4, 0.5) is 0 Å². The fourth-order valence-corrected chi connectivity index (χ4v) is 2.10. The summed E-state index contributed by atoms with van der Waals surface area (Å²) in [6.45, 7) is 5.11. The van der Waals surface area contributed by atoms with Gasteiger partial charge < -0.3 is 19.5 Å². The molecule has 5 heteroatoms. The van der Waals surface area contributed by atoms with Gasteiger partial charge in [0.15, 0.2) is 0 Å². The molecule has 0 aromatic carbocycles. The van der Waals surface area contributed by atoms with Crippen molar-refractivity contribution < 1.29 is 4.74 Å². The molecule has 2 heterocycles. The molecule has 0 amide bonds. The molecule has 1 unspecified atom stereocenters. The number of nitrogens with zero attached hydrogens (tertiary/aromatic N) is 2. The predicted molar refractivity (Wildman–Crippen MR) is 70.8 cm³/mol. The minimum atomic E-state index is 0.0490. The molecule has 0 aliphatic carbocycles. The van der Waals surface area contributed by atoms with Crippen LogP contribution in [0.25, 0.3) is 0 Å². The number of hydrogen-bond donors (Lipinski definition) is 1. The summed E-state index contributed by atoms with van der Waals surface area (Å²) >= 11 is 0. The zero-order valence-electron chi connectivity index (χ0n) is 10.8. The normalized spacial score (nSPS) is 21.1. The fraction of sp³-hybridized carbons (Fsp3) is 0.615. The monoisotopic (exact) mass is 251 g/mol. The third kappa shape index (κ3) is 3.94. The van der Waals surface area contributed by atoms with E-state index in [-0.39, 0.29) is 11.7 Å². The molecule has 0 radical (unpaired) electrons. The van der Waals surface area contributed by atoms with Gasteiger partial charge in [-0.15, -0.1) is 0 Å². The van der Waals surface area contributed by atoms with Gasteiger partial charge in [-0.1, -0.05) is 6.07 Å². The minimum absolute atomic E-state index is 0.0490. The largest absolute Gasteiger partial charge is 0.374 e. The Morgan fingerprint density at radius 3 is 3.17 bits per heavy atom. The molecule has 1 fully saturated rings. The molecule has 1 atom stereocenters. The van der Waals surface area contributed by atoms with Crippen molar-refractivity contribution in [3.63, 3.8) is 0 Å². The molecule has 100 valence electrons. The highest BCUT2D eigenvalue weighted by atomic mass is 16.5. The van der Waals surface area contributed by atoms with Crippen LogP contribution in [0.1, 0.15) is 0 Å². The average molecular weight is 251 g/mol. The van der Waals surface area contributed by atoms with Gasteiger partial charge in [0, 0.05) is 45.0 Å². The molecular formula is C13H21N3O2. The van der Waals surface area contributed by atoms with E-state index in [1.807, 2.05) is 12.3 Å². The molecule has 1 aliphatic heterocycles. The van der Waals surface area contributed by atoms with Gasteiger partial charge in [0.25, 0.3) is 5.56 Å². The fourth-order valence-electron chi connectivity index (χ4n) is 2.10. The van der Waals surface area contributed by atoms with Gasteiger partial charge >= 0.3 is 0 Å². The molecule has 1 aromatic rings. The van der Waals surface area contributed by atoms with Gasteiger partial charge in [0.1, 0.15) is 0 Å². The first-order valence-corrected chi connectivity index (χ1v) is 6.42. The Morgan fingerprint density at radius 1 is 1.50 bits per heavy atom. The second kappa shape index (κ2) is 6.68. The Balaban J connectivity index is 1.67. The van der Waals surface area contributed by atoms with Gasteiger partial charge in [-0.25, -0.2) is 0 Å². The number of hydrogen-bond acceptors (Lipinski definition) is 4. The quantitative estimate of drug-likeness (QED) is 0.734. The first-order valence-electron chi connectivity index (χ1n) is 6.42. The molecule has 1 saturated heterocycles. The number of aromatic nitrogens is 1. The van der Waals surface area contributed by atoms with Crippen LogP contribution in [0.2, 0.25) is 0 Å². The second-order valence-corrected chi connectivity index (χ2v) is 4.69. The zero-order valence-corrected chi connectivity index (χ0v) is 10.8. The lowest BCUT2D eigenvalue weighted by molar-refractivity contribution is -0.0180. The maximum Gasteiger partial charge on any atom is 0.250 e. The highest BCUT2D eigenvalue weighted by Crippen LogP contribution is 2.01. The maximum atomic E-state index is 11.5. The Morgan fingerprint density at radius 2 is 2.39 bits per heavy atom. The van der Waals surface area contributed by atoms with Gasteiger partial charge in [-0.2, -0.15) is 0 Å². The summed E-state index contributed by atoms with van der Waals surface area (Å²) in [6, 6.07) is 5.22. The summed E-state index contributed by atoms with van der Waals surface area (Å²) in [4.78, 5) is 13.7. The van der Waals surface area contributed by atoms with E-state index in [1.54, 1.807) is 16.7 Å². The first kappa shape index (κ1) is 13.3. The van der Waals surface area contributed by atoms with Gasteiger partial charge in [0.05, 0.1) is 12.7 Å². The number of likely N-dealkylation sites (N-methyl/N-ethyl adjacent to an activating group) is 1. The van der Waals surface area contributed by atoms with Crippen molar-refractivity contribution in [3.8, 4) is 0 Å². The standard InChI is InChI=1S/C13H21N3O2/c1-15-8-9-18-12(11-15)10-14-5-7-16-6-3-2-4-13(16)17/h2-4,6,12,14H,5,7-11H2,1H3. The summed E-state index contributed by atoms with van der Waals surface area (Å²) in [7, 11) is 2.11. The van der Waals surface area contributed by atoms with E-state index in [9.17, 15) is 4.79 Å². The SMILES string of the molecule is CN1CCOC(CNCCn2ccccc2=O)C1. The number of morpholine rings is 1. The van der Waals surface area contributed by atoms with E-state index >= 15 is 0 Å². The number of nitrogens with one attached hydrogen (secondary N) is 1. The van der Waals surface area contributed by atoms with E-state index in [4.69, 9.17) is 4.74 Å². The van der Waals surface area contributed by atoms with Crippen molar-refractivity contribution in [3.05, 3.63) is 34.7 Å². The van der Waals surface area contributed by atoms with E-state index in [2.05, 4.69) is 17.3 Å². The second-order valence-electron chi connectivity index (χ2n) is 4.69. The van der Waals surface area contributed by atoms with Crippen LogP contribution < -0.4 is 10.9 Å². The lowest BCUT2D eigenvalue weighted by atomic mass is 10.3. The zero-order chi connectivity index (χ0) is 12.8. The minimum Gasteiger partial charge on any atom is -0.374 e. The van der Waals surface area contributed by atoms with Crippen LogP contribution >= 0.6 is 0 Å². The molecule has 1 aromatic heterocycles. The highest BCUT2D eigenvalue weighted by Gasteiger charge is 2.16. The summed E-state index contributed by atoms with van der Waals surface area (Å²) in [5, 5.41) is 3.34. The van der Waals surface area contributed by atoms with Crippen molar-refractivity contribution in [1.82, 2.24) is 14.8 Å². The van der Waals surface area contributed by atoms with Crippen LogP contribution in [-0.2, 0) is 11.3 Å². The van der Waals surface area contributed by atoms with Crippen molar-refractivity contribution in [2.45, 2.75) is 12.6 Å². The molecule has 0 saturated carbocycles. The van der Waals surface area contributed by atoms with Crippen LogP contribution in [0.15, 0.2) is 29.2 Å². The number of ether oxygens (including phenoxy) is 1. The molecule has 2 rings (SSSR count). The van der Waals surface area contributed by atoms with E-state index in [0.29, 0.717) is 6.54 Å². The van der Waals surface area contributed by atoms with Gasteiger partial charge in [-0.3, -0.25) is 4.79 Å². The Bertz CT molecular complexity index is 419. The van der Waals surface area contributed by atoms with Crippen LogP contribution in [0, 0.1) is 0 Å². The summed E-state index contributed by atoms with van der Waals surface area (Å²) in [6.07, 6.45) is 2.07. The Hall–Kier alpha value is -1.17. The van der Waals surface area contributed by atoms with Crippen LogP contribution in [0.3, 0.4) is 0 Å². The third-order valence-corrected chi connectivity index (χ3v) is 3.14. The molecule has 0 bridgehead atoms. The molecular weight excluding hydrogens is 230 g/mol. The van der Waals surface area contributed by atoms with Crippen molar-refractivity contribution in [1.29, 1.82) is 0 Å². The Labute approximate surface area is 107 Å². The summed E-state index contributed by atoms with van der Waals surface area (Å²) in [5.74, 6) is 0. The van der Waals surface area contributed by atoms with Crippen LogP contribution in [0.5, 0.6) is 0 Å². The van der Waals surface area contributed by atoms with Crippen molar-refractivity contribution in [2.75, 3.05) is 39.8 Å². The summed E-state index contributed by atoms with van der Waals surface area (Å²) in [5.41, 5.74) is 0.0490. The average Bonchev–Trinajstić information content (AvgIpc) is 2.37.